The molecule has 3 aromatic heterocycles. The maximum atomic E-state index is 15.1. The number of nitrogens with zero attached hydrogens (tertiary/aromatic N) is 5. The molecule has 0 saturated heterocycles. The maximum absolute atomic E-state index is 15.1. The summed E-state index contributed by atoms with van der Waals surface area (Å²) in [5, 5.41) is 17.4. The lowest BCUT2D eigenvalue weighted by Gasteiger charge is -2.18. The molecule has 0 spiro atoms. The van der Waals surface area contributed by atoms with E-state index >= 15 is 4.39 Å². The van der Waals surface area contributed by atoms with Crippen LogP contribution in [0.3, 0.4) is 0 Å². The summed E-state index contributed by atoms with van der Waals surface area (Å²) in [5.74, 6) is -0.364. The van der Waals surface area contributed by atoms with Crippen LogP contribution in [-0.4, -0.2) is 36.0 Å². The summed E-state index contributed by atoms with van der Waals surface area (Å²) in [6.07, 6.45) is 4.22. The van der Waals surface area contributed by atoms with Crippen LogP contribution >= 0.6 is 0 Å². The lowest BCUT2D eigenvalue weighted by atomic mass is 10.0. The molecule has 1 saturated carbocycles. The van der Waals surface area contributed by atoms with E-state index < -0.39 is 11.4 Å². The van der Waals surface area contributed by atoms with E-state index in [1.165, 1.54) is 38.8 Å². The molecule has 1 fully saturated rings. The number of anilines is 2. The van der Waals surface area contributed by atoms with E-state index in [2.05, 4.69) is 37.7 Å². The normalized spacial score (nSPS) is 16.3. The summed E-state index contributed by atoms with van der Waals surface area (Å²) in [4.78, 5) is 26.6. The van der Waals surface area contributed by atoms with E-state index in [1.54, 1.807) is 0 Å². The van der Waals surface area contributed by atoms with E-state index in [4.69, 9.17) is 0 Å². The van der Waals surface area contributed by atoms with Gasteiger partial charge in [0.25, 0.3) is 5.56 Å². The number of hydrogen-bond donors (Lipinski definition) is 3. The summed E-state index contributed by atoms with van der Waals surface area (Å²) < 4.78 is 17.9. The van der Waals surface area contributed by atoms with Crippen LogP contribution in [0.1, 0.15) is 43.0 Å². The van der Waals surface area contributed by atoms with Crippen LogP contribution in [0.25, 0.3) is 16.9 Å². The van der Waals surface area contributed by atoms with E-state index in [1.807, 2.05) is 13.0 Å². The Labute approximate surface area is 200 Å². The molecule has 0 bridgehead atoms. The van der Waals surface area contributed by atoms with Crippen molar-refractivity contribution in [2.24, 2.45) is 0 Å². The van der Waals surface area contributed by atoms with Crippen molar-refractivity contribution in [3.63, 3.8) is 0 Å². The number of nitrogens with one attached hydrogen (secondary N) is 2. The Hall–Kier alpha value is -3.63. The number of aliphatic hydroxyl groups is 1. The lowest BCUT2D eigenvalue weighted by Crippen LogP contribution is -2.24. The first-order valence-electron chi connectivity index (χ1n) is 11.9. The summed E-state index contributed by atoms with van der Waals surface area (Å²) in [6.45, 7) is 4.07. The van der Waals surface area contributed by atoms with Gasteiger partial charge in [-0.3, -0.25) is 4.79 Å². The molecule has 2 aliphatic rings. The molecule has 10 heteroatoms. The fraction of sp³-hybridized carbons (Fsp3) is 0.360. The lowest BCUT2D eigenvalue weighted by molar-refractivity contribution is 0.146. The monoisotopic (exact) mass is 475 g/mol. The van der Waals surface area contributed by atoms with Crippen molar-refractivity contribution in [1.29, 1.82) is 0 Å². The fourth-order valence-corrected chi connectivity index (χ4v) is 4.62. The van der Waals surface area contributed by atoms with Gasteiger partial charge in [-0.05, 0) is 67.6 Å². The van der Waals surface area contributed by atoms with E-state index in [0.717, 1.165) is 25.2 Å². The van der Waals surface area contributed by atoms with Gasteiger partial charge in [-0.25, -0.2) is 23.7 Å². The molecule has 4 heterocycles. The van der Waals surface area contributed by atoms with Crippen molar-refractivity contribution < 1.29 is 9.50 Å². The molecule has 0 atom stereocenters. The Balaban J connectivity index is 1.47. The molecule has 0 unspecified atom stereocenters. The van der Waals surface area contributed by atoms with E-state index in [-0.39, 0.29) is 22.4 Å². The van der Waals surface area contributed by atoms with Crippen LogP contribution in [0.2, 0.25) is 0 Å². The summed E-state index contributed by atoms with van der Waals surface area (Å²) in [5.41, 5.74) is 2.67. The Kier molecular flexibility index (Phi) is 5.15. The van der Waals surface area contributed by atoms with Crippen molar-refractivity contribution in [2.75, 3.05) is 11.9 Å². The predicted molar refractivity (Wildman–Crippen MR) is 129 cm³/mol. The Morgan fingerprint density at radius 2 is 2.06 bits per heavy atom. The van der Waals surface area contributed by atoms with Crippen molar-refractivity contribution in [3.8, 4) is 5.82 Å². The van der Waals surface area contributed by atoms with Crippen LogP contribution in [0.15, 0.2) is 41.3 Å². The van der Waals surface area contributed by atoms with Crippen LogP contribution in [0, 0.1) is 5.82 Å². The molecule has 1 aliphatic heterocycles. The Morgan fingerprint density at radius 1 is 1.20 bits per heavy atom. The molecule has 1 aromatic carbocycles. The third kappa shape index (κ3) is 3.78. The first-order chi connectivity index (χ1) is 17.0. The first-order valence-corrected chi connectivity index (χ1v) is 11.9. The van der Waals surface area contributed by atoms with Crippen LogP contribution in [-0.2, 0) is 25.1 Å². The average molecular weight is 476 g/mol. The molecule has 4 aromatic rings. The second kappa shape index (κ2) is 8.24. The highest BCUT2D eigenvalue weighted by Crippen LogP contribution is 2.44. The summed E-state index contributed by atoms with van der Waals surface area (Å²) >= 11 is 0. The SMILES string of the molecule is CCCn1c(=O)c2cnc(Nc3ccc4c(c3)CCNC4)nc2n1-c1nc(C2(O)CC2)ccc1F. The van der Waals surface area contributed by atoms with Gasteiger partial charge in [0.1, 0.15) is 11.0 Å². The maximum Gasteiger partial charge on any atom is 0.278 e. The smallest absolute Gasteiger partial charge is 0.278 e. The van der Waals surface area contributed by atoms with Gasteiger partial charge in [0.2, 0.25) is 5.95 Å². The number of halogens is 1. The molecule has 1 aliphatic carbocycles. The summed E-state index contributed by atoms with van der Waals surface area (Å²) in [6, 6.07) is 8.90. The van der Waals surface area contributed by atoms with Crippen molar-refractivity contribution >= 4 is 22.7 Å². The molecule has 0 radical (unpaired) electrons. The van der Waals surface area contributed by atoms with Crippen molar-refractivity contribution in [3.05, 3.63) is 69.5 Å². The molecule has 6 rings (SSSR count). The zero-order valence-electron chi connectivity index (χ0n) is 19.4. The van der Waals surface area contributed by atoms with Crippen LogP contribution in [0.4, 0.5) is 16.0 Å². The van der Waals surface area contributed by atoms with Crippen LogP contribution < -0.4 is 16.2 Å². The zero-order chi connectivity index (χ0) is 24.2. The number of benzene rings is 1. The predicted octanol–water partition coefficient (Wildman–Crippen LogP) is 2.90. The molecular formula is C25H26FN7O2. The topological polar surface area (TPSA) is 110 Å². The van der Waals surface area contributed by atoms with Gasteiger partial charge in [-0.2, -0.15) is 4.98 Å². The zero-order valence-corrected chi connectivity index (χ0v) is 19.4. The number of rotatable bonds is 6. The van der Waals surface area contributed by atoms with Crippen molar-refractivity contribution in [1.82, 2.24) is 29.6 Å². The minimum atomic E-state index is -1.04. The van der Waals surface area contributed by atoms with Gasteiger partial charge in [-0.1, -0.05) is 13.0 Å². The van der Waals surface area contributed by atoms with Gasteiger partial charge in [0.15, 0.2) is 17.3 Å². The molecule has 0 amide bonds. The van der Waals surface area contributed by atoms with E-state index in [9.17, 15) is 9.90 Å². The molecule has 3 N–H and O–H groups in total. The number of pyridine rings is 1. The molecule has 35 heavy (non-hydrogen) atoms. The molecule has 9 nitrogen and oxygen atoms in total. The van der Waals surface area contributed by atoms with E-state index in [0.29, 0.717) is 37.4 Å². The average Bonchev–Trinajstić information content (AvgIpc) is 3.56. The number of fused-ring (bicyclic) bond motifs is 2. The number of hydrogen-bond acceptors (Lipinski definition) is 7. The minimum Gasteiger partial charge on any atom is -0.384 e. The van der Waals surface area contributed by atoms with Gasteiger partial charge in [-0.15, -0.1) is 0 Å². The van der Waals surface area contributed by atoms with Gasteiger partial charge < -0.3 is 15.7 Å². The minimum absolute atomic E-state index is 0.0608. The third-order valence-corrected chi connectivity index (χ3v) is 6.69. The first kappa shape index (κ1) is 21.9. The number of aromatic nitrogens is 5. The second-order valence-corrected chi connectivity index (χ2v) is 9.24. The molecular weight excluding hydrogens is 449 g/mol. The quantitative estimate of drug-likeness (QED) is 0.393. The Morgan fingerprint density at radius 3 is 2.86 bits per heavy atom. The fourth-order valence-electron chi connectivity index (χ4n) is 4.62. The van der Waals surface area contributed by atoms with Crippen LogP contribution in [0.5, 0.6) is 0 Å². The highest BCUT2D eigenvalue weighted by Gasteiger charge is 2.44. The summed E-state index contributed by atoms with van der Waals surface area (Å²) in [7, 11) is 0. The second-order valence-electron chi connectivity index (χ2n) is 9.24. The highest BCUT2D eigenvalue weighted by molar-refractivity contribution is 5.77. The van der Waals surface area contributed by atoms with Gasteiger partial charge >= 0.3 is 0 Å². The van der Waals surface area contributed by atoms with Gasteiger partial charge in [0, 0.05) is 25.0 Å². The highest BCUT2D eigenvalue weighted by atomic mass is 19.1. The van der Waals surface area contributed by atoms with Gasteiger partial charge in [0.05, 0.1) is 5.69 Å². The Bertz CT molecular complexity index is 1510. The standard InChI is InChI=1S/C25H26FN7O2/c1-2-11-32-23(34)18-14-28-24(29-17-4-3-16-13-27-10-7-15(16)12-17)31-21(18)33(32)22-19(26)5-6-20(30-22)25(35)8-9-25/h3-6,12,14,27,35H,2,7-11,13H2,1H3,(H,28,29,31). The molecule has 180 valence electrons. The largest absolute Gasteiger partial charge is 0.384 e. The third-order valence-electron chi connectivity index (χ3n) is 6.69. The van der Waals surface area contributed by atoms with Crippen molar-refractivity contribution in [2.45, 2.75) is 51.3 Å².